The van der Waals surface area contributed by atoms with E-state index >= 15 is 0 Å². The third-order valence-electron chi connectivity index (χ3n) is 3.29. The van der Waals surface area contributed by atoms with Crippen molar-refractivity contribution in [2.75, 3.05) is 5.32 Å². The number of benzene rings is 1. The second-order valence-electron chi connectivity index (χ2n) is 5.75. The lowest BCUT2D eigenvalue weighted by Crippen LogP contribution is -2.20. The van der Waals surface area contributed by atoms with Crippen molar-refractivity contribution in [3.8, 4) is 0 Å². The molecule has 1 aromatic carbocycles. The number of nitrogens with one attached hydrogen (secondary N) is 1. The van der Waals surface area contributed by atoms with Crippen LogP contribution in [0.2, 0.25) is 10.2 Å². The molecule has 0 fully saturated rings. The lowest BCUT2D eigenvalue weighted by Gasteiger charge is -2.13. The number of rotatable bonds is 5. The molecule has 0 atom stereocenters. The number of hydrogen-bond donors (Lipinski definition) is 1. The van der Waals surface area contributed by atoms with Gasteiger partial charge in [0, 0.05) is 11.7 Å². The number of halogens is 3. The Kier molecular flexibility index (Phi) is 6.51. The summed E-state index contributed by atoms with van der Waals surface area (Å²) < 4.78 is 14.0. The molecule has 132 valence electrons. The number of carbonyl (C=O) groups is 1. The maximum absolute atomic E-state index is 14.0. The SMILES string of the molecule is Cc1nc(Cl)c(C(=O)CC(=NC(C)C)Nc2ccccc2)c(Cl)c1F. The summed E-state index contributed by atoms with van der Waals surface area (Å²) in [5.74, 6) is -0.753. The van der Waals surface area contributed by atoms with Crippen molar-refractivity contribution in [2.45, 2.75) is 33.2 Å². The van der Waals surface area contributed by atoms with Crippen molar-refractivity contribution < 1.29 is 9.18 Å². The number of nitrogens with zero attached hydrogens (tertiary/aromatic N) is 2. The summed E-state index contributed by atoms with van der Waals surface area (Å²) in [4.78, 5) is 20.9. The molecule has 0 aliphatic rings. The Hall–Kier alpha value is -1.98. The van der Waals surface area contributed by atoms with Gasteiger partial charge >= 0.3 is 0 Å². The van der Waals surface area contributed by atoms with Crippen LogP contribution in [0.3, 0.4) is 0 Å². The molecule has 0 radical (unpaired) electrons. The zero-order valence-corrected chi connectivity index (χ0v) is 15.6. The van der Waals surface area contributed by atoms with E-state index in [1.807, 2.05) is 44.2 Å². The highest BCUT2D eigenvalue weighted by Gasteiger charge is 2.23. The van der Waals surface area contributed by atoms with Gasteiger partial charge in [-0.15, -0.1) is 0 Å². The van der Waals surface area contributed by atoms with Crippen LogP contribution in [-0.4, -0.2) is 22.6 Å². The fourth-order valence-electron chi connectivity index (χ4n) is 2.21. The third-order valence-corrected chi connectivity index (χ3v) is 3.91. The number of amidine groups is 1. The van der Waals surface area contributed by atoms with Gasteiger partial charge in [0.05, 0.1) is 22.7 Å². The van der Waals surface area contributed by atoms with E-state index in [9.17, 15) is 9.18 Å². The molecule has 2 aromatic rings. The number of aromatic nitrogens is 1. The number of aryl methyl sites for hydroxylation is 1. The number of pyridine rings is 1. The molecular weight excluding hydrogens is 364 g/mol. The minimum absolute atomic E-state index is 0.0298. The summed E-state index contributed by atoms with van der Waals surface area (Å²) in [5.41, 5.74) is 0.711. The van der Waals surface area contributed by atoms with E-state index < -0.39 is 11.6 Å². The first kappa shape index (κ1) is 19.3. The highest BCUT2D eigenvalue weighted by Crippen LogP contribution is 2.28. The number of para-hydroxylation sites is 1. The Labute approximate surface area is 156 Å². The standard InChI is InChI=1S/C18H18Cl2FN3O/c1-10(2)22-14(24-12-7-5-4-6-8-12)9-13(25)15-16(19)17(21)11(3)23-18(15)20/h4-8,10H,9H2,1-3H3,(H,22,24). The average Bonchev–Trinajstić information content (AvgIpc) is 2.53. The van der Waals surface area contributed by atoms with Gasteiger partial charge in [0.2, 0.25) is 0 Å². The van der Waals surface area contributed by atoms with Crippen LogP contribution in [0.5, 0.6) is 0 Å². The highest BCUT2D eigenvalue weighted by molar-refractivity contribution is 6.40. The molecule has 0 amide bonds. The Bertz CT molecular complexity index is 808. The van der Waals surface area contributed by atoms with Gasteiger partial charge in [0.25, 0.3) is 0 Å². The summed E-state index contributed by atoms with van der Waals surface area (Å²) in [6.07, 6.45) is -0.101. The molecule has 0 aliphatic heterocycles. The predicted molar refractivity (Wildman–Crippen MR) is 101 cm³/mol. The van der Waals surface area contributed by atoms with Crippen LogP contribution in [-0.2, 0) is 0 Å². The number of carbonyl (C=O) groups excluding carboxylic acids is 1. The molecule has 0 saturated heterocycles. The van der Waals surface area contributed by atoms with E-state index in [0.29, 0.717) is 5.84 Å². The van der Waals surface area contributed by atoms with Gasteiger partial charge in [-0.1, -0.05) is 41.4 Å². The van der Waals surface area contributed by atoms with Crippen LogP contribution in [0.25, 0.3) is 0 Å². The number of ketones is 1. The van der Waals surface area contributed by atoms with Gasteiger partial charge in [-0.05, 0) is 32.9 Å². The molecule has 1 heterocycles. The average molecular weight is 382 g/mol. The zero-order chi connectivity index (χ0) is 18.6. The molecule has 0 bridgehead atoms. The van der Waals surface area contributed by atoms with Crippen molar-refractivity contribution in [1.29, 1.82) is 0 Å². The van der Waals surface area contributed by atoms with Crippen molar-refractivity contribution >= 4 is 40.5 Å². The van der Waals surface area contributed by atoms with Gasteiger partial charge in [-0.2, -0.15) is 0 Å². The van der Waals surface area contributed by atoms with Crippen molar-refractivity contribution in [3.63, 3.8) is 0 Å². The summed E-state index contributed by atoms with van der Waals surface area (Å²) >= 11 is 12.0. The van der Waals surface area contributed by atoms with E-state index in [1.54, 1.807) is 0 Å². The second kappa shape index (κ2) is 8.41. The molecule has 0 unspecified atom stereocenters. The van der Waals surface area contributed by atoms with E-state index in [1.165, 1.54) is 6.92 Å². The largest absolute Gasteiger partial charge is 0.344 e. The summed E-state index contributed by atoms with van der Waals surface area (Å²) in [6.45, 7) is 5.22. The van der Waals surface area contributed by atoms with Crippen LogP contribution in [0, 0.1) is 12.7 Å². The topological polar surface area (TPSA) is 54.4 Å². The number of Topliss-reactive ketones (excluding diaryl/α,β-unsaturated/α-hetero) is 1. The lowest BCUT2D eigenvalue weighted by atomic mass is 10.1. The lowest BCUT2D eigenvalue weighted by molar-refractivity contribution is 0.1000. The first-order valence-electron chi connectivity index (χ1n) is 7.72. The first-order chi connectivity index (χ1) is 11.8. The molecule has 0 saturated carbocycles. The number of hydrogen-bond acceptors (Lipinski definition) is 3. The zero-order valence-electron chi connectivity index (χ0n) is 14.1. The van der Waals surface area contributed by atoms with Crippen LogP contribution >= 0.6 is 23.2 Å². The van der Waals surface area contributed by atoms with Crippen molar-refractivity contribution in [1.82, 2.24) is 4.98 Å². The predicted octanol–water partition coefficient (Wildman–Crippen LogP) is 5.33. The molecule has 4 nitrogen and oxygen atoms in total. The monoisotopic (exact) mass is 381 g/mol. The Morgan fingerprint density at radius 2 is 1.92 bits per heavy atom. The fraction of sp³-hybridized carbons (Fsp3) is 0.278. The summed E-state index contributed by atoms with van der Waals surface area (Å²) in [6, 6.07) is 9.29. The molecule has 25 heavy (non-hydrogen) atoms. The molecule has 1 N–H and O–H groups in total. The maximum Gasteiger partial charge on any atom is 0.175 e. The fourth-order valence-corrected chi connectivity index (χ4v) is 2.92. The first-order valence-corrected chi connectivity index (χ1v) is 8.48. The van der Waals surface area contributed by atoms with E-state index in [4.69, 9.17) is 23.2 Å². The normalized spacial score (nSPS) is 11.7. The smallest absolute Gasteiger partial charge is 0.175 e. The van der Waals surface area contributed by atoms with Crippen molar-refractivity contribution in [3.05, 3.63) is 57.6 Å². The quantitative estimate of drug-likeness (QED) is 0.329. The molecule has 0 aliphatic carbocycles. The Morgan fingerprint density at radius 3 is 2.52 bits per heavy atom. The van der Waals surface area contributed by atoms with Crippen LogP contribution < -0.4 is 5.32 Å². The van der Waals surface area contributed by atoms with Crippen molar-refractivity contribution in [2.24, 2.45) is 4.99 Å². The van der Waals surface area contributed by atoms with Gasteiger partial charge in [-0.25, -0.2) is 9.37 Å². The van der Waals surface area contributed by atoms with E-state index in [2.05, 4.69) is 15.3 Å². The van der Waals surface area contributed by atoms with E-state index in [0.717, 1.165) is 5.69 Å². The second-order valence-corrected chi connectivity index (χ2v) is 6.49. The van der Waals surface area contributed by atoms with Gasteiger partial charge < -0.3 is 5.32 Å². The number of aliphatic imine (C=N–C) groups is 1. The van der Waals surface area contributed by atoms with E-state index in [-0.39, 0.29) is 33.9 Å². The van der Waals surface area contributed by atoms with Gasteiger partial charge in [-0.3, -0.25) is 9.79 Å². The summed E-state index contributed by atoms with van der Waals surface area (Å²) in [7, 11) is 0. The summed E-state index contributed by atoms with van der Waals surface area (Å²) in [5, 5.41) is 2.68. The molecule has 0 spiro atoms. The van der Waals surface area contributed by atoms with Crippen LogP contribution in [0.15, 0.2) is 35.3 Å². The maximum atomic E-state index is 14.0. The Morgan fingerprint density at radius 1 is 1.28 bits per heavy atom. The highest BCUT2D eigenvalue weighted by atomic mass is 35.5. The molecule has 2 rings (SSSR count). The minimum atomic E-state index is -0.743. The van der Waals surface area contributed by atoms with Crippen LogP contribution in [0.4, 0.5) is 10.1 Å². The third kappa shape index (κ3) is 5.00. The Balaban J connectivity index is 2.31. The molecular formula is C18H18Cl2FN3O. The molecule has 7 heteroatoms. The van der Waals surface area contributed by atoms with Crippen LogP contribution in [0.1, 0.15) is 36.3 Å². The molecule has 1 aromatic heterocycles. The number of anilines is 1. The van der Waals surface area contributed by atoms with Gasteiger partial charge in [0.15, 0.2) is 11.6 Å². The van der Waals surface area contributed by atoms with Gasteiger partial charge in [0.1, 0.15) is 11.0 Å². The minimum Gasteiger partial charge on any atom is -0.344 e.